The molecule has 6 aliphatic rings. The smallest absolute Gasteiger partial charge is 0.159 e. The molecule has 494 valence electrons. The minimum Gasteiger partial charge on any atom is -0.393 e. The molecule has 17 nitrogen and oxygen atoms in total. The summed E-state index contributed by atoms with van der Waals surface area (Å²) in [5.41, 5.74) is 1.03. The highest BCUT2D eigenvalue weighted by molar-refractivity contribution is 5.79. The van der Waals surface area contributed by atoms with E-state index in [0.29, 0.717) is 60.0 Å². The summed E-state index contributed by atoms with van der Waals surface area (Å²) in [4.78, 5) is 33.6. The SMILES string of the molecule is CC(=O)CN=CC(C)C.CC(C)/C=N/N1CCCCC1.CC(C)/C=N/N1CCN(C)CC1.CC(C)/C=N/N1CCN(C2CC2)CC1.CC(C)/C=N/OC1CC1.CC(C)/C=N/Oc1ccccc1.CC(C)C1OCCCO1.CC(C)C=Nc1ccccc1. The quantitative estimate of drug-likeness (QED) is 0.0979. The van der Waals surface area contributed by atoms with Crippen LogP contribution in [0.2, 0.25) is 0 Å². The van der Waals surface area contributed by atoms with Crippen molar-refractivity contribution >= 4 is 55.0 Å². The highest BCUT2D eigenvalue weighted by Gasteiger charge is 2.31. The second-order valence-electron chi connectivity index (χ2n) is 25.7. The molecule has 0 atom stereocenters. The van der Waals surface area contributed by atoms with Gasteiger partial charge in [0.15, 0.2) is 17.8 Å². The molecule has 0 radical (unpaired) electrons. The van der Waals surface area contributed by atoms with Gasteiger partial charge in [-0.25, -0.2) is 0 Å². The molecule has 87 heavy (non-hydrogen) atoms. The van der Waals surface area contributed by atoms with E-state index in [1.165, 1.54) is 65.0 Å². The first kappa shape index (κ1) is 79.7. The zero-order valence-corrected chi connectivity index (χ0v) is 57.9. The van der Waals surface area contributed by atoms with Crippen LogP contribution in [0.3, 0.4) is 0 Å². The number of para-hydroxylation sites is 2. The maximum absolute atomic E-state index is 10.3. The molecule has 0 spiro atoms. The number of nitrogens with zero attached hydrogens (tertiary/aromatic N) is 12. The molecule has 2 aromatic rings. The molecule has 4 heterocycles. The fourth-order valence-corrected chi connectivity index (χ4v) is 7.36. The van der Waals surface area contributed by atoms with Crippen LogP contribution in [-0.2, 0) is 19.1 Å². The highest BCUT2D eigenvalue weighted by atomic mass is 16.7. The van der Waals surface area contributed by atoms with E-state index in [1.807, 2.05) is 106 Å². The number of ketones is 1. The number of piperazine rings is 2. The van der Waals surface area contributed by atoms with Gasteiger partial charge in [-0.05, 0) is 131 Å². The second kappa shape index (κ2) is 50.5. The fraction of sp³-hybridized carbons (Fsp3) is 0.714. The van der Waals surface area contributed by atoms with Crippen LogP contribution in [-0.4, -0.2) is 185 Å². The number of rotatable bonds is 19. The van der Waals surface area contributed by atoms with Crippen LogP contribution < -0.4 is 4.84 Å². The second-order valence-corrected chi connectivity index (χ2v) is 25.7. The van der Waals surface area contributed by atoms with Gasteiger partial charge in [0.1, 0.15) is 6.10 Å². The molecule has 8 rings (SSSR count). The Morgan fingerprint density at radius 1 is 0.506 bits per heavy atom. The number of benzene rings is 2. The Bertz CT molecular complexity index is 2130. The number of carbonyl (C=O) groups excluding carboxylic acids is 1. The summed E-state index contributed by atoms with van der Waals surface area (Å²) in [5.74, 6) is 4.99. The van der Waals surface area contributed by atoms with Gasteiger partial charge >= 0.3 is 0 Å². The van der Waals surface area contributed by atoms with Gasteiger partial charge in [-0.3, -0.25) is 34.7 Å². The summed E-state index contributed by atoms with van der Waals surface area (Å²) in [6.45, 7) is 48.7. The summed E-state index contributed by atoms with van der Waals surface area (Å²) in [5, 5.41) is 27.4. The summed E-state index contributed by atoms with van der Waals surface area (Å²) in [6.07, 6.45) is 24.2. The molecule has 0 unspecified atom stereocenters. The van der Waals surface area contributed by atoms with Crippen LogP contribution in [0.25, 0.3) is 0 Å². The lowest BCUT2D eigenvalue weighted by atomic mass is 10.2. The molecule has 2 aromatic carbocycles. The molecule has 0 N–H and O–H groups in total. The van der Waals surface area contributed by atoms with Crippen LogP contribution >= 0.6 is 0 Å². The Kier molecular flexibility index (Phi) is 46.2. The zero-order valence-electron chi connectivity index (χ0n) is 57.9. The van der Waals surface area contributed by atoms with Crippen molar-refractivity contribution in [3.63, 3.8) is 0 Å². The van der Waals surface area contributed by atoms with Gasteiger partial charge in [-0.15, -0.1) is 0 Å². The number of likely N-dealkylation sites (N-methyl/N-ethyl adjacent to an activating group) is 1. The van der Waals surface area contributed by atoms with Gasteiger partial charge in [0.05, 0.1) is 25.4 Å². The van der Waals surface area contributed by atoms with E-state index in [4.69, 9.17) is 19.1 Å². The van der Waals surface area contributed by atoms with Crippen molar-refractivity contribution in [3.8, 4) is 5.75 Å². The standard InChI is InChI=1S/C11H21N3.C10H13NO.C10H13N.C9H19N3.C9H18N2.2C7H13NO.C7H14O2/c1-10(2)9-12-14-7-5-13(6-8-14)11-3-4-11;1-9(2)8-11-12-10-6-4-3-5-7-10;1-9(2)8-11-10-6-4-3-5-7-10;1-9(2)8-10-12-6-4-11(3)5-7-12;1-9(2)8-10-11-6-4-3-5-7-11;1-6(2)5-8-9-7-3-4-7;1-6(2)4-8-5-7(3)9;1-6(2)7-8-4-3-5-9-7/h9-11H,3-8H2,1-2H3;3-9H,1-2H3;3-9H,1-2H3;8-9H,4-7H2,1-3H3;8-9H,3-7H2,1-2H3;5-7H,3-4H2,1-2H3;4,6H,5H2,1-3H3;6-7H,3-5H2,1-2H3/b12-9+;11-8+;;2*10-8+;8-5+;;. The summed E-state index contributed by atoms with van der Waals surface area (Å²) < 4.78 is 10.6. The molecule has 6 fully saturated rings. The van der Waals surface area contributed by atoms with Crippen LogP contribution in [0, 0.1) is 47.3 Å². The largest absolute Gasteiger partial charge is 0.393 e. The average molecular weight is 1210 g/mol. The Morgan fingerprint density at radius 3 is 1.36 bits per heavy atom. The van der Waals surface area contributed by atoms with Crippen molar-refractivity contribution in [3.05, 3.63) is 60.7 Å². The van der Waals surface area contributed by atoms with Crippen molar-refractivity contribution < 1.29 is 23.9 Å². The number of ether oxygens (including phenoxy) is 2. The van der Waals surface area contributed by atoms with Crippen molar-refractivity contribution in [2.75, 3.05) is 92.3 Å². The molecule has 4 saturated heterocycles. The van der Waals surface area contributed by atoms with E-state index in [0.717, 1.165) is 89.5 Å². The molecule has 2 aliphatic carbocycles. The number of hydrazone groups is 3. The first-order chi connectivity index (χ1) is 41.5. The van der Waals surface area contributed by atoms with Gasteiger partial charge in [-0.1, -0.05) is 157 Å². The zero-order chi connectivity index (χ0) is 64.6. The van der Waals surface area contributed by atoms with Gasteiger partial charge in [0.25, 0.3) is 0 Å². The van der Waals surface area contributed by atoms with Crippen molar-refractivity contribution in [2.45, 2.75) is 188 Å². The molecule has 17 heteroatoms. The van der Waals surface area contributed by atoms with E-state index in [9.17, 15) is 4.79 Å². The monoisotopic (exact) mass is 1210 g/mol. The van der Waals surface area contributed by atoms with Crippen LogP contribution in [0.15, 0.2) is 96.3 Å². The number of Topliss-reactive ketones (excluding diaryl/α,β-unsaturated/α-hetero) is 1. The number of piperidine rings is 1. The minimum atomic E-state index is 0.0544. The maximum atomic E-state index is 10.3. The van der Waals surface area contributed by atoms with E-state index in [1.54, 1.807) is 12.4 Å². The van der Waals surface area contributed by atoms with E-state index in [-0.39, 0.29) is 12.1 Å². The third kappa shape index (κ3) is 51.3. The highest BCUT2D eigenvalue weighted by Crippen LogP contribution is 2.27. The predicted octanol–water partition coefficient (Wildman–Crippen LogP) is 14.7. The normalized spacial score (nSPS) is 18.0. The van der Waals surface area contributed by atoms with Gasteiger partial charge in [-0.2, -0.15) is 15.3 Å². The van der Waals surface area contributed by atoms with Crippen molar-refractivity contribution in [2.24, 2.45) is 82.9 Å². The van der Waals surface area contributed by atoms with Crippen molar-refractivity contribution in [1.82, 2.24) is 24.8 Å². The molecule has 4 aliphatic heterocycles. The topological polar surface area (TPSA) is 157 Å². The molecular weight excluding hydrogens is 1090 g/mol. The van der Waals surface area contributed by atoms with Crippen LogP contribution in [0.1, 0.15) is 169 Å². The molecule has 0 aromatic heterocycles. The number of carbonyl (C=O) groups is 1. The first-order valence-corrected chi connectivity index (χ1v) is 33.1. The van der Waals surface area contributed by atoms with Gasteiger partial charge in [0.2, 0.25) is 0 Å². The predicted molar refractivity (Wildman–Crippen MR) is 372 cm³/mol. The summed E-state index contributed by atoms with van der Waals surface area (Å²) in [6, 6.07) is 20.4. The third-order valence-corrected chi connectivity index (χ3v) is 12.5. The molecule has 0 amide bonds. The van der Waals surface area contributed by atoms with Crippen molar-refractivity contribution in [1.29, 1.82) is 0 Å². The Hall–Kier alpha value is -5.36. The van der Waals surface area contributed by atoms with E-state index in [2.05, 4.69) is 164 Å². The van der Waals surface area contributed by atoms with Gasteiger partial charge in [0, 0.05) is 121 Å². The minimum absolute atomic E-state index is 0.0544. The molecular formula is C70H124N12O5. The number of hydrogen-bond donors (Lipinski definition) is 0. The number of oxime groups is 2. The summed E-state index contributed by atoms with van der Waals surface area (Å²) >= 11 is 0. The summed E-state index contributed by atoms with van der Waals surface area (Å²) in [7, 11) is 2.16. The van der Waals surface area contributed by atoms with Gasteiger partial charge < -0.3 is 24.0 Å². The molecule has 2 saturated carbocycles. The van der Waals surface area contributed by atoms with Crippen LogP contribution in [0.5, 0.6) is 5.75 Å². The number of aliphatic imine (C=N–C) groups is 2. The lowest BCUT2D eigenvalue weighted by Crippen LogP contribution is -2.45. The first-order valence-electron chi connectivity index (χ1n) is 33.1. The Morgan fingerprint density at radius 2 is 0.943 bits per heavy atom. The molecule has 0 bridgehead atoms. The fourth-order valence-electron chi connectivity index (χ4n) is 7.36. The lowest BCUT2D eigenvalue weighted by molar-refractivity contribution is -0.198. The van der Waals surface area contributed by atoms with E-state index >= 15 is 0 Å². The Balaban J connectivity index is 0.000000500. The van der Waals surface area contributed by atoms with E-state index < -0.39 is 0 Å². The average Bonchev–Trinajstić information content (AvgIpc) is 3.54. The Labute approximate surface area is 530 Å². The maximum Gasteiger partial charge on any atom is 0.159 e. The number of hydrogen-bond acceptors (Lipinski definition) is 17. The lowest BCUT2D eigenvalue weighted by Gasteiger charge is -2.33. The third-order valence-electron chi connectivity index (χ3n) is 12.5. The van der Waals surface area contributed by atoms with Crippen LogP contribution in [0.4, 0.5) is 5.69 Å².